The zero-order valence-electron chi connectivity index (χ0n) is 7.54. The number of rotatable bonds is 3. The summed E-state index contributed by atoms with van der Waals surface area (Å²) in [6, 6.07) is 10.3. The first-order valence-electron chi connectivity index (χ1n) is 4.18. The van der Waals surface area contributed by atoms with Gasteiger partial charge in [-0.3, -0.25) is 0 Å². The van der Waals surface area contributed by atoms with Crippen molar-refractivity contribution in [1.82, 2.24) is 5.32 Å². The van der Waals surface area contributed by atoms with E-state index in [0.717, 1.165) is 5.56 Å². The second-order valence-corrected chi connectivity index (χ2v) is 2.48. The van der Waals surface area contributed by atoms with Crippen LogP contribution in [-0.4, -0.2) is 12.7 Å². The van der Waals surface area contributed by atoms with Crippen LogP contribution in [-0.2, 0) is 11.3 Å². The zero-order valence-corrected chi connectivity index (χ0v) is 7.54. The highest BCUT2D eigenvalue weighted by molar-refractivity contribution is 5.67. The van der Waals surface area contributed by atoms with E-state index in [-0.39, 0.29) is 6.09 Å². The predicted molar refractivity (Wildman–Crippen MR) is 49.1 cm³/mol. The van der Waals surface area contributed by atoms with E-state index in [1.54, 1.807) is 6.92 Å². The molecule has 1 N–H and O–H groups in total. The molecule has 69 valence electrons. The minimum Gasteiger partial charge on any atom is -0.450 e. The van der Waals surface area contributed by atoms with E-state index in [1.165, 1.54) is 0 Å². The standard InChI is InChI=1S/C10H12NO2/c1-2-13-10(12)11-8-9-6-4-3-5-7-9/h4-7H,2,8H2,1H3,(H,11,12). The lowest BCUT2D eigenvalue weighted by Gasteiger charge is -2.04. The fraction of sp³-hybridized carbons (Fsp3) is 0.300. The van der Waals surface area contributed by atoms with E-state index in [4.69, 9.17) is 4.74 Å². The molecule has 0 saturated heterocycles. The molecule has 0 saturated carbocycles. The number of ether oxygens (including phenoxy) is 1. The van der Waals surface area contributed by atoms with Crippen molar-refractivity contribution in [3.8, 4) is 0 Å². The van der Waals surface area contributed by atoms with Crippen molar-refractivity contribution in [3.63, 3.8) is 0 Å². The molecule has 1 aromatic rings. The molecular formula is C10H12NO2. The van der Waals surface area contributed by atoms with E-state index in [9.17, 15) is 4.79 Å². The average molecular weight is 178 g/mol. The summed E-state index contributed by atoms with van der Waals surface area (Å²) in [6.07, 6.45) is -0.379. The molecule has 0 aromatic heterocycles. The van der Waals surface area contributed by atoms with Gasteiger partial charge in [-0.25, -0.2) is 4.79 Å². The van der Waals surface area contributed by atoms with Gasteiger partial charge in [0.1, 0.15) is 0 Å². The van der Waals surface area contributed by atoms with Crippen LogP contribution in [0, 0.1) is 6.07 Å². The van der Waals surface area contributed by atoms with Gasteiger partial charge >= 0.3 is 6.09 Å². The second kappa shape index (κ2) is 5.19. The molecule has 1 aromatic carbocycles. The lowest BCUT2D eigenvalue weighted by atomic mass is 10.2. The molecule has 0 bridgehead atoms. The van der Waals surface area contributed by atoms with Crippen molar-refractivity contribution in [2.45, 2.75) is 13.5 Å². The molecule has 0 unspecified atom stereocenters. The quantitative estimate of drug-likeness (QED) is 0.765. The number of amides is 1. The van der Waals surface area contributed by atoms with E-state index >= 15 is 0 Å². The third-order valence-electron chi connectivity index (χ3n) is 1.50. The largest absolute Gasteiger partial charge is 0.450 e. The number of carbonyl (C=O) groups excluding carboxylic acids is 1. The average Bonchev–Trinajstić information content (AvgIpc) is 2.17. The van der Waals surface area contributed by atoms with Crippen molar-refractivity contribution in [2.75, 3.05) is 6.61 Å². The number of benzene rings is 1. The van der Waals surface area contributed by atoms with Gasteiger partial charge in [0.25, 0.3) is 0 Å². The summed E-state index contributed by atoms with van der Waals surface area (Å²) in [6.45, 7) is 2.67. The molecule has 0 spiro atoms. The summed E-state index contributed by atoms with van der Waals surface area (Å²) in [5.41, 5.74) is 1.03. The number of carbonyl (C=O) groups is 1. The maximum atomic E-state index is 10.9. The Morgan fingerprint density at radius 3 is 2.85 bits per heavy atom. The van der Waals surface area contributed by atoms with Crippen LogP contribution in [0.1, 0.15) is 12.5 Å². The molecule has 13 heavy (non-hydrogen) atoms. The van der Waals surface area contributed by atoms with E-state index in [1.807, 2.05) is 24.3 Å². The molecule has 1 amide bonds. The van der Waals surface area contributed by atoms with Gasteiger partial charge in [-0.1, -0.05) is 24.3 Å². The molecule has 0 atom stereocenters. The van der Waals surface area contributed by atoms with Crippen LogP contribution in [0.2, 0.25) is 0 Å². The van der Waals surface area contributed by atoms with Gasteiger partial charge in [-0.05, 0) is 18.6 Å². The Kier molecular flexibility index (Phi) is 3.82. The number of nitrogens with one attached hydrogen (secondary N) is 1. The van der Waals surface area contributed by atoms with Gasteiger partial charge in [0.15, 0.2) is 0 Å². The third kappa shape index (κ3) is 3.60. The normalized spacial score (nSPS) is 9.31. The Balaban J connectivity index is 2.31. The van der Waals surface area contributed by atoms with Crippen LogP contribution in [0.3, 0.4) is 0 Å². The monoisotopic (exact) mass is 178 g/mol. The fourth-order valence-electron chi connectivity index (χ4n) is 0.896. The molecule has 0 aliphatic carbocycles. The van der Waals surface area contributed by atoms with Crippen LogP contribution in [0.25, 0.3) is 0 Å². The summed E-state index contributed by atoms with van der Waals surface area (Å²) in [5.74, 6) is 0. The summed E-state index contributed by atoms with van der Waals surface area (Å²) in [5, 5.41) is 2.62. The first-order chi connectivity index (χ1) is 6.33. The predicted octanol–water partition coefficient (Wildman–Crippen LogP) is 1.73. The van der Waals surface area contributed by atoms with E-state index < -0.39 is 0 Å². The van der Waals surface area contributed by atoms with Crippen LogP contribution >= 0.6 is 0 Å². The highest BCUT2D eigenvalue weighted by atomic mass is 16.5. The van der Waals surface area contributed by atoms with Gasteiger partial charge in [-0.2, -0.15) is 0 Å². The van der Waals surface area contributed by atoms with Crippen LogP contribution in [0.4, 0.5) is 4.79 Å². The summed E-state index contributed by atoms with van der Waals surface area (Å²) < 4.78 is 4.71. The lowest BCUT2D eigenvalue weighted by Crippen LogP contribution is -2.23. The van der Waals surface area contributed by atoms with Gasteiger partial charge < -0.3 is 10.1 Å². The van der Waals surface area contributed by atoms with Crippen LogP contribution in [0.5, 0.6) is 0 Å². The Morgan fingerprint density at radius 1 is 1.54 bits per heavy atom. The minimum absolute atomic E-state index is 0.379. The highest BCUT2D eigenvalue weighted by Gasteiger charge is 1.98. The highest BCUT2D eigenvalue weighted by Crippen LogP contribution is 1.96. The van der Waals surface area contributed by atoms with Crippen molar-refractivity contribution in [2.24, 2.45) is 0 Å². The van der Waals surface area contributed by atoms with Crippen molar-refractivity contribution >= 4 is 6.09 Å². The van der Waals surface area contributed by atoms with Crippen LogP contribution < -0.4 is 5.32 Å². The molecule has 3 nitrogen and oxygen atoms in total. The molecular weight excluding hydrogens is 166 g/mol. The SMILES string of the molecule is CCOC(=O)NCc1cc[c]cc1. The smallest absolute Gasteiger partial charge is 0.407 e. The fourth-order valence-corrected chi connectivity index (χ4v) is 0.896. The number of hydrogen-bond donors (Lipinski definition) is 1. The van der Waals surface area contributed by atoms with Crippen molar-refractivity contribution in [3.05, 3.63) is 35.9 Å². The number of alkyl carbamates (subject to hydrolysis) is 1. The van der Waals surface area contributed by atoms with Gasteiger partial charge in [-0.15, -0.1) is 0 Å². The van der Waals surface area contributed by atoms with Crippen molar-refractivity contribution in [1.29, 1.82) is 0 Å². The Morgan fingerprint density at radius 2 is 2.23 bits per heavy atom. The van der Waals surface area contributed by atoms with E-state index in [0.29, 0.717) is 13.2 Å². The second-order valence-electron chi connectivity index (χ2n) is 2.48. The number of hydrogen-bond acceptors (Lipinski definition) is 2. The molecule has 0 fully saturated rings. The van der Waals surface area contributed by atoms with Gasteiger partial charge in [0.2, 0.25) is 0 Å². The summed E-state index contributed by atoms with van der Waals surface area (Å²) in [4.78, 5) is 10.9. The third-order valence-corrected chi connectivity index (χ3v) is 1.50. The Labute approximate surface area is 77.7 Å². The molecule has 0 aliphatic heterocycles. The topological polar surface area (TPSA) is 38.3 Å². The molecule has 3 heteroatoms. The summed E-state index contributed by atoms with van der Waals surface area (Å²) in [7, 11) is 0. The molecule has 1 rings (SSSR count). The first kappa shape index (κ1) is 9.58. The zero-order chi connectivity index (χ0) is 9.52. The van der Waals surface area contributed by atoms with Gasteiger partial charge in [0.05, 0.1) is 6.61 Å². The lowest BCUT2D eigenvalue weighted by molar-refractivity contribution is 0.151. The molecule has 0 heterocycles. The summed E-state index contributed by atoms with van der Waals surface area (Å²) >= 11 is 0. The van der Waals surface area contributed by atoms with Crippen LogP contribution in [0.15, 0.2) is 24.3 Å². The van der Waals surface area contributed by atoms with Gasteiger partial charge in [0, 0.05) is 6.54 Å². The first-order valence-corrected chi connectivity index (χ1v) is 4.18. The van der Waals surface area contributed by atoms with E-state index in [2.05, 4.69) is 11.4 Å². The Hall–Kier alpha value is -1.51. The maximum Gasteiger partial charge on any atom is 0.407 e. The van der Waals surface area contributed by atoms with Crippen molar-refractivity contribution < 1.29 is 9.53 Å². The Bertz CT molecular complexity index is 259. The molecule has 0 aliphatic rings. The molecule has 1 radical (unpaired) electrons. The minimum atomic E-state index is -0.379. The maximum absolute atomic E-state index is 10.9.